The van der Waals surface area contributed by atoms with Crippen LogP contribution in [0.25, 0.3) is 0 Å². The standard InChI is InChI=1S/C18H27N3O2S.C2HF3O2/c1-14(2)17(23)21-7-6-20(10-15-5-4-8-24-15)12-18(13-21)9-16(22)19(3)11-18;3-2(4,5)1(6)7/h4-5,8,14H,6-7,9-13H2,1-3H3;(H,6,7). The molecule has 2 saturated heterocycles. The van der Waals surface area contributed by atoms with Gasteiger partial charge < -0.3 is 14.9 Å². The number of alkyl halides is 3. The van der Waals surface area contributed by atoms with Gasteiger partial charge in [0.25, 0.3) is 0 Å². The van der Waals surface area contributed by atoms with Crippen molar-refractivity contribution in [3.63, 3.8) is 0 Å². The molecule has 3 heterocycles. The Hall–Kier alpha value is -2.14. The van der Waals surface area contributed by atoms with E-state index in [0.29, 0.717) is 13.0 Å². The summed E-state index contributed by atoms with van der Waals surface area (Å²) in [5.74, 6) is -2.35. The third-order valence-electron chi connectivity index (χ3n) is 5.30. The minimum absolute atomic E-state index is 0.000676. The van der Waals surface area contributed by atoms with E-state index in [1.165, 1.54) is 4.88 Å². The summed E-state index contributed by atoms with van der Waals surface area (Å²) >= 11 is 1.77. The van der Waals surface area contributed by atoms with E-state index in [0.717, 1.165) is 32.7 Å². The molecular weight excluding hydrogens is 435 g/mol. The van der Waals surface area contributed by atoms with Gasteiger partial charge in [-0.2, -0.15) is 13.2 Å². The average Bonchev–Trinajstić information content (AvgIpc) is 3.20. The maximum Gasteiger partial charge on any atom is 0.490 e. The van der Waals surface area contributed by atoms with Gasteiger partial charge in [-0.05, 0) is 11.4 Å². The second kappa shape index (κ2) is 9.99. The number of likely N-dealkylation sites (tertiary alicyclic amines) is 1. The lowest BCUT2D eigenvalue weighted by Crippen LogP contribution is -2.45. The van der Waals surface area contributed by atoms with Crippen LogP contribution in [0.2, 0.25) is 0 Å². The van der Waals surface area contributed by atoms with Crippen LogP contribution >= 0.6 is 11.3 Å². The summed E-state index contributed by atoms with van der Waals surface area (Å²) in [5, 5.41) is 9.23. The highest BCUT2D eigenvalue weighted by Crippen LogP contribution is 2.35. The van der Waals surface area contributed by atoms with Crippen molar-refractivity contribution in [1.29, 1.82) is 0 Å². The van der Waals surface area contributed by atoms with Crippen molar-refractivity contribution in [2.45, 2.75) is 33.0 Å². The number of hydrogen-bond acceptors (Lipinski definition) is 5. The van der Waals surface area contributed by atoms with E-state index < -0.39 is 12.1 Å². The summed E-state index contributed by atoms with van der Waals surface area (Å²) in [4.78, 5) is 41.3. The Bertz CT molecular complexity index is 785. The molecule has 3 rings (SSSR count). The zero-order valence-corrected chi connectivity index (χ0v) is 18.6. The van der Waals surface area contributed by atoms with Gasteiger partial charge in [-0.3, -0.25) is 14.5 Å². The summed E-state index contributed by atoms with van der Waals surface area (Å²) < 4.78 is 31.7. The molecule has 0 aromatic carbocycles. The molecule has 2 aliphatic heterocycles. The van der Waals surface area contributed by atoms with Gasteiger partial charge in [-0.25, -0.2) is 4.79 Å². The molecule has 2 aliphatic rings. The molecule has 1 atom stereocenters. The Morgan fingerprint density at radius 1 is 1.23 bits per heavy atom. The van der Waals surface area contributed by atoms with Gasteiger partial charge in [0, 0.05) is 68.9 Å². The van der Waals surface area contributed by atoms with Crippen molar-refractivity contribution >= 4 is 29.1 Å². The van der Waals surface area contributed by atoms with Gasteiger partial charge in [-0.1, -0.05) is 19.9 Å². The highest BCUT2D eigenvalue weighted by molar-refractivity contribution is 7.09. The molecular formula is C20H28F3N3O4S. The molecule has 2 amide bonds. The number of halogens is 3. The van der Waals surface area contributed by atoms with E-state index in [2.05, 4.69) is 22.4 Å². The summed E-state index contributed by atoms with van der Waals surface area (Å²) in [6.07, 6.45) is -4.54. The van der Waals surface area contributed by atoms with E-state index in [1.807, 2.05) is 30.7 Å². The van der Waals surface area contributed by atoms with Crippen molar-refractivity contribution in [3.05, 3.63) is 22.4 Å². The van der Waals surface area contributed by atoms with Gasteiger partial charge >= 0.3 is 12.1 Å². The van der Waals surface area contributed by atoms with Crippen LogP contribution in [0.3, 0.4) is 0 Å². The maximum absolute atomic E-state index is 12.6. The van der Waals surface area contributed by atoms with Crippen LogP contribution in [0, 0.1) is 11.3 Å². The third kappa shape index (κ3) is 6.93. The van der Waals surface area contributed by atoms with Crippen molar-refractivity contribution < 1.29 is 32.7 Å². The fourth-order valence-electron chi connectivity index (χ4n) is 3.98. The van der Waals surface area contributed by atoms with E-state index >= 15 is 0 Å². The summed E-state index contributed by atoms with van der Waals surface area (Å²) in [6, 6.07) is 4.24. The molecule has 31 heavy (non-hydrogen) atoms. The first-order valence-corrected chi connectivity index (χ1v) is 10.8. The van der Waals surface area contributed by atoms with Crippen LogP contribution in [0.4, 0.5) is 13.2 Å². The van der Waals surface area contributed by atoms with Crippen molar-refractivity contribution in [2.75, 3.05) is 39.8 Å². The molecule has 0 aliphatic carbocycles. The third-order valence-corrected chi connectivity index (χ3v) is 6.16. The van der Waals surface area contributed by atoms with Gasteiger partial charge in [0.2, 0.25) is 11.8 Å². The highest BCUT2D eigenvalue weighted by Gasteiger charge is 2.46. The largest absolute Gasteiger partial charge is 0.490 e. The Labute approximate surface area is 183 Å². The lowest BCUT2D eigenvalue weighted by atomic mass is 9.85. The number of aliphatic carboxylic acids is 1. The number of carbonyl (C=O) groups excluding carboxylic acids is 2. The quantitative estimate of drug-likeness (QED) is 0.745. The predicted octanol–water partition coefficient (Wildman–Crippen LogP) is 2.53. The second-order valence-corrected chi connectivity index (χ2v) is 9.47. The van der Waals surface area contributed by atoms with Gasteiger partial charge in [0.1, 0.15) is 0 Å². The summed E-state index contributed by atoms with van der Waals surface area (Å²) in [5.41, 5.74) is -0.135. The van der Waals surface area contributed by atoms with Crippen molar-refractivity contribution in [2.24, 2.45) is 11.3 Å². The molecule has 0 radical (unpaired) electrons. The Balaban J connectivity index is 0.000000423. The lowest BCUT2D eigenvalue weighted by molar-refractivity contribution is -0.192. The minimum atomic E-state index is -5.08. The van der Waals surface area contributed by atoms with Crippen molar-refractivity contribution in [1.82, 2.24) is 14.7 Å². The van der Waals surface area contributed by atoms with E-state index in [1.54, 1.807) is 11.3 Å². The molecule has 1 spiro atoms. The zero-order valence-electron chi connectivity index (χ0n) is 17.8. The van der Waals surface area contributed by atoms with E-state index in [4.69, 9.17) is 9.90 Å². The number of hydrogen-bond donors (Lipinski definition) is 1. The van der Waals surface area contributed by atoms with Crippen molar-refractivity contribution in [3.8, 4) is 0 Å². The first-order chi connectivity index (χ1) is 14.3. The first kappa shape index (κ1) is 25.1. The van der Waals surface area contributed by atoms with E-state index in [9.17, 15) is 22.8 Å². The first-order valence-electron chi connectivity index (χ1n) is 9.90. The second-order valence-electron chi connectivity index (χ2n) is 8.43. The van der Waals surface area contributed by atoms with Crippen LogP contribution in [-0.4, -0.2) is 83.5 Å². The normalized spacial score (nSPS) is 22.5. The zero-order chi connectivity index (χ0) is 23.4. The average molecular weight is 464 g/mol. The predicted molar refractivity (Wildman–Crippen MR) is 109 cm³/mol. The smallest absolute Gasteiger partial charge is 0.475 e. The van der Waals surface area contributed by atoms with Crippen LogP contribution in [0.5, 0.6) is 0 Å². The monoisotopic (exact) mass is 463 g/mol. The SMILES string of the molecule is CC(C)C(=O)N1CCN(Cc2cccs2)CC2(CC(=O)N(C)C2)C1.O=C(O)C(F)(F)F. The van der Waals surface area contributed by atoms with Crippen LogP contribution in [0.1, 0.15) is 25.1 Å². The Morgan fingerprint density at radius 3 is 2.32 bits per heavy atom. The number of rotatable bonds is 3. The minimum Gasteiger partial charge on any atom is -0.475 e. The summed E-state index contributed by atoms with van der Waals surface area (Å²) in [6.45, 7) is 8.75. The molecule has 7 nitrogen and oxygen atoms in total. The number of amides is 2. The Morgan fingerprint density at radius 2 is 1.87 bits per heavy atom. The number of carboxylic acids is 1. The molecule has 1 unspecified atom stereocenters. The molecule has 0 bridgehead atoms. The molecule has 1 aromatic rings. The van der Waals surface area contributed by atoms with Gasteiger partial charge in [0.05, 0.1) is 0 Å². The molecule has 1 aromatic heterocycles. The molecule has 1 N–H and O–H groups in total. The molecule has 0 saturated carbocycles. The number of carboxylic acid groups (broad SMARTS) is 1. The van der Waals surface area contributed by atoms with Crippen LogP contribution in [0.15, 0.2) is 17.5 Å². The maximum atomic E-state index is 12.6. The molecule has 11 heteroatoms. The van der Waals surface area contributed by atoms with E-state index in [-0.39, 0.29) is 23.1 Å². The van der Waals surface area contributed by atoms with Crippen LogP contribution in [-0.2, 0) is 20.9 Å². The molecule has 2 fully saturated rings. The topological polar surface area (TPSA) is 81.2 Å². The number of thiophene rings is 1. The number of nitrogens with zero attached hydrogens (tertiary/aromatic N) is 3. The summed E-state index contributed by atoms with van der Waals surface area (Å²) in [7, 11) is 1.88. The Kier molecular flexibility index (Phi) is 8.09. The van der Waals surface area contributed by atoms with Gasteiger partial charge in [-0.15, -0.1) is 11.3 Å². The lowest BCUT2D eigenvalue weighted by Gasteiger charge is -2.33. The van der Waals surface area contributed by atoms with Gasteiger partial charge in [0.15, 0.2) is 0 Å². The number of carbonyl (C=O) groups is 3. The highest BCUT2D eigenvalue weighted by atomic mass is 32.1. The molecule has 174 valence electrons. The van der Waals surface area contributed by atoms with Crippen LogP contribution < -0.4 is 0 Å². The fourth-order valence-corrected chi connectivity index (χ4v) is 4.72. The fraction of sp³-hybridized carbons (Fsp3) is 0.650.